The number of nitrogens with one attached hydrogen (secondary N) is 2. The number of ether oxygens (including phenoxy) is 3. The molecule has 1 aliphatic heterocycles. The quantitative estimate of drug-likeness (QED) is 0.699. The summed E-state index contributed by atoms with van der Waals surface area (Å²) in [6.45, 7) is 6.49. The van der Waals surface area contributed by atoms with Crippen LogP contribution in [0.1, 0.15) is 50.6 Å². The molecule has 1 heterocycles. The van der Waals surface area contributed by atoms with E-state index in [2.05, 4.69) is 17.2 Å². The number of carbonyl (C=O) groups is 2. The number of urea groups is 1. The molecule has 0 bridgehead atoms. The van der Waals surface area contributed by atoms with E-state index in [4.69, 9.17) is 14.2 Å². The van der Waals surface area contributed by atoms with Crippen LogP contribution in [-0.4, -0.2) is 31.8 Å². The lowest BCUT2D eigenvalue weighted by atomic mass is 9.88. The summed E-state index contributed by atoms with van der Waals surface area (Å²) in [5.41, 5.74) is 1.06. The van der Waals surface area contributed by atoms with Crippen LogP contribution in [0.3, 0.4) is 0 Å². The Morgan fingerprint density at radius 2 is 2.00 bits per heavy atom. The van der Waals surface area contributed by atoms with Crippen LogP contribution in [-0.2, 0) is 9.53 Å². The van der Waals surface area contributed by atoms with Crippen molar-refractivity contribution in [2.45, 2.75) is 51.2 Å². The van der Waals surface area contributed by atoms with E-state index in [0.717, 1.165) is 37.7 Å². The van der Waals surface area contributed by atoms with Gasteiger partial charge in [-0.1, -0.05) is 19.6 Å². The first-order chi connectivity index (χ1) is 13.5. The maximum Gasteiger partial charge on any atom is 0.319 e. The molecule has 7 heteroatoms. The van der Waals surface area contributed by atoms with E-state index in [9.17, 15) is 9.59 Å². The van der Waals surface area contributed by atoms with Crippen LogP contribution >= 0.6 is 0 Å². The van der Waals surface area contributed by atoms with Crippen molar-refractivity contribution < 1.29 is 23.8 Å². The molecule has 3 rings (SSSR count). The van der Waals surface area contributed by atoms with Crippen LogP contribution in [0.2, 0.25) is 0 Å². The van der Waals surface area contributed by atoms with Crippen LogP contribution in [0, 0.1) is 5.92 Å². The number of hydrogen-bond donors (Lipinski definition) is 2. The van der Waals surface area contributed by atoms with Gasteiger partial charge in [0.1, 0.15) is 12.0 Å². The Morgan fingerprint density at radius 3 is 2.68 bits per heavy atom. The standard InChI is InChI=1S/C21H28N2O5/c1-4-11-27-16-10-9-14(12-17(16)26-3)19-18(13(2)22-21(25)23-19)20(24)28-15-7-5-6-8-15/h9-10,12,15,18-19H,2,4-8,11H2,1,3H3,(H2,22,23,25)/t18-,19+/m0/s1. The molecule has 1 aliphatic carbocycles. The van der Waals surface area contributed by atoms with E-state index in [-0.39, 0.29) is 12.1 Å². The molecular formula is C21H28N2O5. The molecule has 0 aromatic heterocycles. The minimum absolute atomic E-state index is 0.0575. The third-order valence-electron chi connectivity index (χ3n) is 5.12. The van der Waals surface area contributed by atoms with Crippen molar-refractivity contribution in [3.63, 3.8) is 0 Å². The Bertz CT molecular complexity index is 742. The molecule has 0 spiro atoms. The smallest absolute Gasteiger partial charge is 0.319 e. The van der Waals surface area contributed by atoms with Gasteiger partial charge in [0.25, 0.3) is 0 Å². The highest BCUT2D eigenvalue weighted by Crippen LogP contribution is 2.36. The number of hydrogen-bond acceptors (Lipinski definition) is 5. The largest absolute Gasteiger partial charge is 0.493 e. The first kappa shape index (κ1) is 20.0. The van der Waals surface area contributed by atoms with Gasteiger partial charge < -0.3 is 24.8 Å². The predicted octanol–water partition coefficient (Wildman–Crippen LogP) is 3.45. The molecule has 152 valence electrons. The first-order valence-corrected chi connectivity index (χ1v) is 9.81. The van der Waals surface area contributed by atoms with Gasteiger partial charge in [-0.2, -0.15) is 0 Å². The van der Waals surface area contributed by atoms with Crippen molar-refractivity contribution in [3.05, 3.63) is 36.0 Å². The lowest BCUT2D eigenvalue weighted by molar-refractivity contribution is -0.153. The Hall–Kier alpha value is -2.70. The monoisotopic (exact) mass is 388 g/mol. The topological polar surface area (TPSA) is 85.9 Å². The SMILES string of the molecule is C=C1NC(=O)N[C@H](c2ccc(OCCC)c(OC)c2)[C@H]1C(=O)OC1CCCC1. The number of esters is 1. The third kappa shape index (κ3) is 4.40. The molecular weight excluding hydrogens is 360 g/mol. The summed E-state index contributed by atoms with van der Waals surface area (Å²) in [5.74, 6) is 0.0783. The van der Waals surface area contributed by atoms with Gasteiger partial charge in [-0.3, -0.25) is 4.79 Å². The molecule has 1 saturated heterocycles. The molecule has 2 N–H and O–H groups in total. The highest BCUT2D eigenvalue weighted by molar-refractivity contribution is 5.85. The van der Waals surface area contributed by atoms with Gasteiger partial charge in [-0.05, 0) is 49.8 Å². The minimum atomic E-state index is -0.717. The molecule has 28 heavy (non-hydrogen) atoms. The Balaban J connectivity index is 1.85. The van der Waals surface area contributed by atoms with E-state index in [1.54, 1.807) is 19.2 Å². The Kier molecular flexibility index (Phi) is 6.44. The summed E-state index contributed by atoms with van der Waals surface area (Å²) < 4.78 is 16.8. The second kappa shape index (κ2) is 8.99. The van der Waals surface area contributed by atoms with E-state index in [0.29, 0.717) is 23.8 Å². The molecule has 0 radical (unpaired) electrons. The second-order valence-corrected chi connectivity index (χ2v) is 7.18. The van der Waals surface area contributed by atoms with Crippen molar-refractivity contribution in [1.82, 2.24) is 10.6 Å². The third-order valence-corrected chi connectivity index (χ3v) is 5.12. The number of benzene rings is 1. The normalized spacial score (nSPS) is 22.4. The van der Waals surface area contributed by atoms with Crippen molar-refractivity contribution >= 4 is 12.0 Å². The van der Waals surface area contributed by atoms with Crippen LogP contribution in [0.5, 0.6) is 11.5 Å². The van der Waals surface area contributed by atoms with Crippen LogP contribution in [0.4, 0.5) is 4.79 Å². The first-order valence-electron chi connectivity index (χ1n) is 9.81. The van der Waals surface area contributed by atoms with E-state index >= 15 is 0 Å². The summed E-state index contributed by atoms with van der Waals surface area (Å²) in [6, 6.07) is 4.41. The number of rotatable bonds is 7. The van der Waals surface area contributed by atoms with E-state index in [1.807, 2.05) is 13.0 Å². The van der Waals surface area contributed by atoms with Gasteiger partial charge >= 0.3 is 12.0 Å². The van der Waals surface area contributed by atoms with Gasteiger partial charge in [-0.25, -0.2) is 4.79 Å². The van der Waals surface area contributed by atoms with Crippen LogP contribution in [0.25, 0.3) is 0 Å². The van der Waals surface area contributed by atoms with Crippen molar-refractivity contribution in [3.8, 4) is 11.5 Å². The molecule has 2 aliphatic rings. The fourth-order valence-electron chi connectivity index (χ4n) is 3.69. The molecule has 0 unspecified atom stereocenters. The van der Waals surface area contributed by atoms with Crippen molar-refractivity contribution in [1.29, 1.82) is 0 Å². The predicted molar refractivity (Wildman–Crippen MR) is 104 cm³/mol. The molecule has 7 nitrogen and oxygen atoms in total. The minimum Gasteiger partial charge on any atom is -0.493 e. The summed E-state index contributed by atoms with van der Waals surface area (Å²) >= 11 is 0. The number of methoxy groups -OCH3 is 1. The number of amides is 2. The maximum atomic E-state index is 12.9. The Morgan fingerprint density at radius 1 is 1.25 bits per heavy atom. The van der Waals surface area contributed by atoms with Crippen molar-refractivity contribution in [2.75, 3.05) is 13.7 Å². The average molecular weight is 388 g/mol. The molecule has 1 aromatic carbocycles. The zero-order chi connectivity index (χ0) is 20.1. The zero-order valence-corrected chi connectivity index (χ0v) is 16.5. The molecule has 2 amide bonds. The molecule has 2 fully saturated rings. The van der Waals surface area contributed by atoms with E-state index < -0.39 is 18.0 Å². The average Bonchev–Trinajstić information content (AvgIpc) is 3.18. The number of carbonyl (C=O) groups excluding carboxylic acids is 2. The second-order valence-electron chi connectivity index (χ2n) is 7.18. The van der Waals surface area contributed by atoms with Crippen molar-refractivity contribution in [2.24, 2.45) is 5.92 Å². The van der Waals surface area contributed by atoms with Gasteiger partial charge in [0.2, 0.25) is 0 Å². The molecule has 2 atom stereocenters. The van der Waals surface area contributed by atoms with Gasteiger partial charge in [-0.15, -0.1) is 0 Å². The van der Waals surface area contributed by atoms with Crippen LogP contribution in [0.15, 0.2) is 30.5 Å². The molecule has 1 aromatic rings. The van der Waals surface area contributed by atoms with Crippen LogP contribution < -0.4 is 20.1 Å². The Labute approximate surface area is 165 Å². The lowest BCUT2D eigenvalue weighted by Crippen LogP contribution is -2.51. The fraction of sp³-hybridized carbons (Fsp3) is 0.524. The highest BCUT2D eigenvalue weighted by Gasteiger charge is 2.40. The maximum absolute atomic E-state index is 12.9. The summed E-state index contributed by atoms with van der Waals surface area (Å²) in [6.07, 6.45) is 4.72. The van der Waals surface area contributed by atoms with Gasteiger partial charge in [0.15, 0.2) is 11.5 Å². The summed E-state index contributed by atoms with van der Waals surface area (Å²) in [5, 5.41) is 5.43. The van der Waals surface area contributed by atoms with Gasteiger partial charge in [0.05, 0.1) is 19.8 Å². The molecule has 1 saturated carbocycles. The fourth-order valence-corrected chi connectivity index (χ4v) is 3.69. The lowest BCUT2D eigenvalue weighted by Gasteiger charge is -2.34. The van der Waals surface area contributed by atoms with Gasteiger partial charge in [0, 0.05) is 5.70 Å². The van der Waals surface area contributed by atoms with E-state index in [1.165, 1.54) is 0 Å². The summed E-state index contributed by atoms with van der Waals surface area (Å²) in [7, 11) is 1.56. The highest BCUT2D eigenvalue weighted by atomic mass is 16.5. The zero-order valence-electron chi connectivity index (χ0n) is 16.5. The summed E-state index contributed by atoms with van der Waals surface area (Å²) in [4.78, 5) is 24.9.